The lowest BCUT2D eigenvalue weighted by molar-refractivity contribution is 0.107. The van der Waals surface area contributed by atoms with Crippen LogP contribution in [0.15, 0.2) is 6.20 Å². The summed E-state index contributed by atoms with van der Waals surface area (Å²) in [5.41, 5.74) is -0.898. The van der Waals surface area contributed by atoms with Gasteiger partial charge in [-0.25, -0.2) is 8.78 Å². The number of hydrogen-bond acceptors (Lipinski definition) is 3. The smallest absolute Gasteiger partial charge is 0.281 e. The molecule has 0 spiro atoms. The Kier molecular flexibility index (Phi) is 3.59. The SMILES string of the molecule is O=C(Cl)c1c(O)cnc(C(F)F)c1I. The Bertz CT molecular complexity index is 386. The van der Waals surface area contributed by atoms with Crippen molar-refractivity contribution in [2.45, 2.75) is 6.43 Å². The van der Waals surface area contributed by atoms with Gasteiger partial charge in [-0.3, -0.25) is 9.78 Å². The molecule has 0 fully saturated rings. The lowest BCUT2D eigenvalue weighted by Gasteiger charge is -2.06. The lowest BCUT2D eigenvalue weighted by Crippen LogP contribution is -2.02. The molecule has 3 nitrogen and oxygen atoms in total. The molecule has 0 amide bonds. The molecule has 0 unspecified atom stereocenters. The number of aromatic nitrogens is 1. The van der Waals surface area contributed by atoms with Gasteiger partial charge >= 0.3 is 0 Å². The van der Waals surface area contributed by atoms with Crippen LogP contribution in [0.2, 0.25) is 0 Å². The molecule has 0 saturated carbocycles. The molecule has 14 heavy (non-hydrogen) atoms. The van der Waals surface area contributed by atoms with Crippen LogP contribution in [0.4, 0.5) is 8.78 Å². The fraction of sp³-hybridized carbons (Fsp3) is 0.143. The molecule has 76 valence electrons. The monoisotopic (exact) mass is 333 g/mol. The first-order valence-electron chi connectivity index (χ1n) is 3.30. The number of carbonyl (C=O) groups is 1. The minimum absolute atomic E-state index is 0.127. The molecule has 0 atom stereocenters. The number of pyridine rings is 1. The van der Waals surface area contributed by atoms with Crippen LogP contribution in [0.3, 0.4) is 0 Å². The van der Waals surface area contributed by atoms with E-state index in [0.717, 1.165) is 6.20 Å². The van der Waals surface area contributed by atoms with Gasteiger partial charge in [-0.05, 0) is 34.2 Å². The predicted octanol–water partition coefficient (Wildman–Crippen LogP) is 2.71. The first-order valence-corrected chi connectivity index (χ1v) is 4.76. The van der Waals surface area contributed by atoms with Gasteiger partial charge in [0.05, 0.1) is 15.3 Å². The van der Waals surface area contributed by atoms with E-state index in [0.29, 0.717) is 0 Å². The number of hydrogen-bond donors (Lipinski definition) is 1. The Morgan fingerprint density at radius 1 is 1.64 bits per heavy atom. The van der Waals surface area contributed by atoms with Gasteiger partial charge in [0.25, 0.3) is 11.7 Å². The van der Waals surface area contributed by atoms with Crippen LogP contribution in [0.1, 0.15) is 22.5 Å². The average molecular weight is 333 g/mol. The summed E-state index contributed by atoms with van der Waals surface area (Å²) in [6, 6.07) is 0. The third-order valence-corrected chi connectivity index (χ3v) is 2.71. The second-order valence-electron chi connectivity index (χ2n) is 2.29. The Labute approximate surface area is 96.2 Å². The molecule has 1 heterocycles. The number of rotatable bonds is 2. The first-order chi connectivity index (χ1) is 6.45. The van der Waals surface area contributed by atoms with Gasteiger partial charge in [-0.1, -0.05) is 0 Å². The van der Waals surface area contributed by atoms with Crippen molar-refractivity contribution >= 4 is 39.4 Å². The molecule has 0 saturated heterocycles. The molecule has 1 N–H and O–H groups in total. The van der Waals surface area contributed by atoms with Gasteiger partial charge in [0, 0.05) is 0 Å². The number of aromatic hydroxyl groups is 1. The van der Waals surface area contributed by atoms with E-state index < -0.39 is 23.1 Å². The fourth-order valence-electron chi connectivity index (χ4n) is 0.832. The standard InChI is InChI=1S/C7H3ClF2INO2/c8-6(14)3-2(13)1-12-5(4(3)11)7(9)10/h1,7,13H. The van der Waals surface area contributed by atoms with Crippen LogP contribution >= 0.6 is 34.2 Å². The third-order valence-electron chi connectivity index (χ3n) is 1.43. The zero-order valence-electron chi connectivity index (χ0n) is 6.47. The van der Waals surface area contributed by atoms with E-state index in [1.165, 1.54) is 22.6 Å². The van der Waals surface area contributed by atoms with Crippen molar-refractivity contribution in [2.24, 2.45) is 0 Å². The summed E-state index contributed by atoms with van der Waals surface area (Å²) in [6.07, 6.45) is -2.03. The Balaban J connectivity index is 3.41. The molecule has 0 aliphatic heterocycles. The normalized spacial score (nSPS) is 10.6. The quantitative estimate of drug-likeness (QED) is 0.669. The minimum Gasteiger partial charge on any atom is -0.505 e. The topological polar surface area (TPSA) is 50.2 Å². The zero-order chi connectivity index (χ0) is 10.9. The van der Waals surface area contributed by atoms with Crippen LogP contribution in [-0.4, -0.2) is 15.3 Å². The van der Waals surface area contributed by atoms with E-state index in [1.54, 1.807) is 0 Å². The van der Waals surface area contributed by atoms with Gasteiger partial charge in [0.15, 0.2) is 0 Å². The van der Waals surface area contributed by atoms with Crippen molar-refractivity contribution < 1.29 is 18.7 Å². The molecule has 0 radical (unpaired) electrons. The van der Waals surface area contributed by atoms with Crippen molar-refractivity contribution in [3.05, 3.63) is 21.0 Å². The highest BCUT2D eigenvalue weighted by Crippen LogP contribution is 2.30. The average Bonchev–Trinajstić information content (AvgIpc) is 2.02. The van der Waals surface area contributed by atoms with Crippen LogP contribution in [-0.2, 0) is 0 Å². The van der Waals surface area contributed by atoms with Crippen LogP contribution < -0.4 is 0 Å². The van der Waals surface area contributed by atoms with Crippen LogP contribution in [0.5, 0.6) is 5.75 Å². The summed E-state index contributed by atoms with van der Waals surface area (Å²) >= 11 is 6.60. The van der Waals surface area contributed by atoms with Crippen molar-refractivity contribution in [1.29, 1.82) is 0 Å². The predicted molar refractivity (Wildman–Crippen MR) is 53.8 cm³/mol. The van der Waals surface area contributed by atoms with Crippen LogP contribution in [0, 0.1) is 3.57 Å². The minimum atomic E-state index is -2.81. The Morgan fingerprint density at radius 3 is 2.64 bits per heavy atom. The summed E-state index contributed by atoms with van der Waals surface area (Å²) < 4.78 is 24.5. The zero-order valence-corrected chi connectivity index (χ0v) is 9.38. The summed E-state index contributed by atoms with van der Waals surface area (Å²) in [5.74, 6) is -0.501. The van der Waals surface area contributed by atoms with Crippen molar-refractivity contribution in [1.82, 2.24) is 4.98 Å². The molecular weight excluding hydrogens is 330 g/mol. The summed E-state index contributed by atoms with van der Waals surface area (Å²) in [5, 5.41) is 8.16. The summed E-state index contributed by atoms with van der Waals surface area (Å²) in [7, 11) is 0. The number of alkyl halides is 2. The number of nitrogens with zero attached hydrogens (tertiary/aromatic N) is 1. The second-order valence-corrected chi connectivity index (χ2v) is 3.71. The molecule has 1 aromatic heterocycles. The van der Waals surface area contributed by atoms with E-state index in [1.807, 2.05) is 0 Å². The van der Waals surface area contributed by atoms with Crippen molar-refractivity contribution in [3.8, 4) is 5.75 Å². The highest BCUT2D eigenvalue weighted by molar-refractivity contribution is 14.1. The van der Waals surface area contributed by atoms with Gasteiger partial charge in [-0.15, -0.1) is 0 Å². The highest BCUT2D eigenvalue weighted by Gasteiger charge is 2.22. The van der Waals surface area contributed by atoms with E-state index in [-0.39, 0.29) is 9.13 Å². The summed E-state index contributed by atoms with van der Waals surface area (Å²) in [6.45, 7) is 0. The molecule has 0 aliphatic carbocycles. The molecule has 0 aromatic carbocycles. The largest absolute Gasteiger partial charge is 0.505 e. The van der Waals surface area contributed by atoms with E-state index in [4.69, 9.17) is 16.7 Å². The molecule has 7 heteroatoms. The number of halogens is 4. The van der Waals surface area contributed by atoms with Crippen LogP contribution in [0.25, 0.3) is 0 Å². The second kappa shape index (κ2) is 4.35. The van der Waals surface area contributed by atoms with E-state index in [9.17, 15) is 13.6 Å². The maximum absolute atomic E-state index is 12.3. The molecular formula is C7H3ClF2INO2. The summed E-state index contributed by atoms with van der Waals surface area (Å²) in [4.78, 5) is 14.1. The third kappa shape index (κ3) is 2.11. The molecule has 0 bridgehead atoms. The Hall–Kier alpha value is -0.500. The maximum Gasteiger partial charge on any atom is 0.281 e. The molecule has 0 aliphatic rings. The van der Waals surface area contributed by atoms with E-state index in [2.05, 4.69) is 4.98 Å². The van der Waals surface area contributed by atoms with Crippen molar-refractivity contribution in [2.75, 3.05) is 0 Å². The highest BCUT2D eigenvalue weighted by atomic mass is 127. The van der Waals surface area contributed by atoms with Gasteiger partial charge in [-0.2, -0.15) is 0 Å². The fourth-order valence-corrected chi connectivity index (χ4v) is 2.08. The number of carbonyl (C=O) groups excluding carboxylic acids is 1. The van der Waals surface area contributed by atoms with Gasteiger partial charge in [0.1, 0.15) is 11.4 Å². The lowest BCUT2D eigenvalue weighted by atomic mass is 10.2. The van der Waals surface area contributed by atoms with E-state index >= 15 is 0 Å². The van der Waals surface area contributed by atoms with Gasteiger partial charge in [0.2, 0.25) is 0 Å². The van der Waals surface area contributed by atoms with Crippen molar-refractivity contribution in [3.63, 3.8) is 0 Å². The van der Waals surface area contributed by atoms with Gasteiger partial charge < -0.3 is 5.11 Å². The maximum atomic E-state index is 12.3. The Morgan fingerprint density at radius 2 is 2.21 bits per heavy atom. The first kappa shape index (κ1) is 11.6. The molecule has 1 aromatic rings. The molecule has 1 rings (SSSR count).